The topological polar surface area (TPSA) is 84.3 Å². The highest BCUT2D eigenvalue weighted by Gasteiger charge is 2.46. The molecule has 3 aromatic rings. The average molecular weight is 628 g/mol. The summed E-state index contributed by atoms with van der Waals surface area (Å²) in [5, 5.41) is 15.7. The Kier molecular flexibility index (Phi) is 13.2. The third-order valence-electron chi connectivity index (χ3n) is 9.40. The van der Waals surface area contributed by atoms with Crippen LogP contribution in [0.4, 0.5) is 0 Å². The number of carbonyl (C=O) groups excluding carboxylic acids is 1. The number of nitrogens with zero attached hydrogens (tertiary/aromatic N) is 3. The molecule has 0 radical (unpaired) electrons. The molecular weight excluding hydrogens is 570 g/mol. The Labute approximate surface area is 271 Å². The number of halogens is 1. The molecule has 1 amide bonds. The molecule has 2 N–H and O–H groups in total. The van der Waals surface area contributed by atoms with Crippen LogP contribution in [-0.2, 0) is 16.6 Å². The average Bonchev–Trinajstić information content (AvgIpc) is 3.50. The number of hydrogen-bond donors (Lipinski definition) is 2. The van der Waals surface area contributed by atoms with Crippen LogP contribution in [0, 0.1) is 6.92 Å². The Morgan fingerprint density at radius 1 is 0.886 bits per heavy atom. The van der Waals surface area contributed by atoms with Gasteiger partial charge in [0, 0.05) is 11.0 Å². The predicted octanol–water partition coefficient (Wildman–Crippen LogP) is 9.68. The van der Waals surface area contributed by atoms with Crippen LogP contribution in [0.3, 0.4) is 0 Å². The first-order valence-electron chi connectivity index (χ1n) is 17.0. The molecule has 0 aliphatic rings. The van der Waals surface area contributed by atoms with Crippen molar-refractivity contribution >= 4 is 23.2 Å². The van der Waals surface area contributed by atoms with E-state index in [4.69, 9.17) is 16.3 Å². The second-order valence-corrected chi connectivity index (χ2v) is 14.6. The van der Waals surface area contributed by atoms with Crippen LogP contribution in [-0.4, -0.2) is 36.9 Å². The van der Waals surface area contributed by atoms with E-state index in [-0.39, 0.29) is 5.91 Å². The largest absolute Gasteiger partial charge is 0.478 e. The van der Waals surface area contributed by atoms with Crippen molar-refractivity contribution in [3.8, 4) is 5.75 Å². The van der Waals surface area contributed by atoms with Crippen molar-refractivity contribution in [1.29, 1.82) is 0 Å². The number of benzene rings is 1. The van der Waals surface area contributed by atoms with E-state index in [1.807, 2.05) is 60.6 Å². The van der Waals surface area contributed by atoms with Crippen molar-refractivity contribution < 1.29 is 9.53 Å². The summed E-state index contributed by atoms with van der Waals surface area (Å²) < 4.78 is 8.09. The molecule has 2 aromatic heterocycles. The Morgan fingerprint density at radius 3 is 2.05 bits per heavy atom. The molecular formula is C36H58ClN5O2. The van der Waals surface area contributed by atoms with Crippen LogP contribution in [0.2, 0.25) is 5.02 Å². The maximum Gasteiger partial charge on any atom is 0.264 e. The number of rotatable bonds is 20. The molecule has 0 saturated heterocycles. The van der Waals surface area contributed by atoms with Crippen molar-refractivity contribution in [2.75, 3.05) is 0 Å². The number of carbonyl (C=O) groups is 1. The lowest BCUT2D eigenvalue weighted by Gasteiger charge is -2.42. The fourth-order valence-corrected chi connectivity index (χ4v) is 5.81. The highest BCUT2D eigenvalue weighted by Crippen LogP contribution is 2.36. The molecule has 1 aromatic carbocycles. The molecule has 8 heteroatoms. The quantitative estimate of drug-likeness (QED) is 0.122. The van der Waals surface area contributed by atoms with Crippen LogP contribution in [0.25, 0.3) is 5.65 Å². The summed E-state index contributed by atoms with van der Waals surface area (Å²) in [7, 11) is 0. The van der Waals surface area contributed by atoms with Crippen LogP contribution in [0.1, 0.15) is 149 Å². The minimum atomic E-state index is -1.08. The highest BCUT2D eigenvalue weighted by atomic mass is 35.5. The zero-order valence-electron chi connectivity index (χ0n) is 28.7. The summed E-state index contributed by atoms with van der Waals surface area (Å²) in [4.78, 5) is 13.6. The van der Waals surface area contributed by atoms with E-state index in [0.717, 1.165) is 12.1 Å². The molecule has 0 unspecified atom stereocenters. The smallest absolute Gasteiger partial charge is 0.264 e. The fourth-order valence-electron chi connectivity index (χ4n) is 5.64. The van der Waals surface area contributed by atoms with Crippen molar-refractivity contribution in [1.82, 2.24) is 25.1 Å². The first-order chi connectivity index (χ1) is 20.8. The van der Waals surface area contributed by atoms with Gasteiger partial charge < -0.3 is 10.1 Å². The summed E-state index contributed by atoms with van der Waals surface area (Å²) in [6.45, 7) is 15.9. The van der Waals surface area contributed by atoms with Gasteiger partial charge in [-0.2, -0.15) is 0 Å². The molecule has 0 saturated carbocycles. The second-order valence-electron chi connectivity index (χ2n) is 14.2. The number of aromatic amines is 1. The second kappa shape index (κ2) is 16.1. The Hall–Kier alpha value is -2.54. The van der Waals surface area contributed by atoms with Crippen LogP contribution < -0.4 is 10.1 Å². The van der Waals surface area contributed by atoms with Gasteiger partial charge >= 0.3 is 0 Å². The monoisotopic (exact) mass is 627 g/mol. The van der Waals surface area contributed by atoms with Crippen LogP contribution >= 0.6 is 11.6 Å². The lowest BCUT2D eigenvalue weighted by molar-refractivity contribution is -0.136. The van der Waals surface area contributed by atoms with Gasteiger partial charge in [-0.15, -0.1) is 10.2 Å². The van der Waals surface area contributed by atoms with Gasteiger partial charge in [-0.25, -0.2) is 4.52 Å². The van der Waals surface area contributed by atoms with Crippen LogP contribution in [0.15, 0.2) is 24.3 Å². The molecule has 44 heavy (non-hydrogen) atoms. The standard InChI is InChI=1S/C36H58ClN5O2/c1-9-10-11-12-13-14-15-16-17-18-19-20-21-23-28-24-22-25-29(26-28)44-35(5,6)33(43)38-36(7,8)34(3,4)32-40-39-31-30(37)27(2)41-42(31)32/h22,24-26,41H,9-21,23H2,1-8H3,(H,38,43). The summed E-state index contributed by atoms with van der Waals surface area (Å²) >= 11 is 6.39. The zero-order valence-corrected chi connectivity index (χ0v) is 29.5. The Morgan fingerprint density at radius 2 is 1.45 bits per heavy atom. The van der Waals surface area contributed by atoms with Gasteiger partial charge in [0.1, 0.15) is 10.8 Å². The number of ether oxygens (including phenoxy) is 1. The normalized spacial score (nSPS) is 12.7. The van der Waals surface area contributed by atoms with Gasteiger partial charge in [-0.05, 0) is 65.2 Å². The number of hydrogen-bond acceptors (Lipinski definition) is 4. The number of amides is 1. The van der Waals surface area contributed by atoms with Gasteiger partial charge in [0.15, 0.2) is 17.1 Å². The zero-order chi connectivity index (χ0) is 32.4. The number of aryl methyl sites for hydroxylation is 2. The molecule has 0 aliphatic carbocycles. The van der Waals surface area contributed by atoms with Gasteiger partial charge in [-0.1, -0.05) is 122 Å². The molecule has 2 heterocycles. The molecule has 0 bridgehead atoms. The summed E-state index contributed by atoms with van der Waals surface area (Å²) in [5.74, 6) is 1.20. The van der Waals surface area contributed by atoms with E-state index in [2.05, 4.69) is 39.7 Å². The lowest BCUT2D eigenvalue weighted by Crippen LogP contribution is -2.61. The molecule has 0 aliphatic heterocycles. The number of fused-ring (bicyclic) bond motifs is 1. The molecule has 7 nitrogen and oxygen atoms in total. The highest BCUT2D eigenvalue weighted by molar-refractivity contribution is 6.34. The summed E-state index contributed by atoms with van der Waals surface area (Å²) in [6, 6.07) is 8.18. The molecule has 246 valence electrons. The molecule has 0 spiro atoms. The predicted molar refractivity (Wildman–Crippen MR) is 183 cm³/mol. The van der Waals surface area contributed by atoms with E-state index in [0.29, 0.717) is 22.2 Å². The van der Waals surface area contributed by atoms with E-state index in [1.165, 1.54) is 89.0 Å². The van der Waals surface area contributed by atoms with Crippen molar-refractivity contribution in [2.24, 2.45) is 0 Å². The number of unbranched alkanes of at least 4 members (excludes halogenated alkanes) is 12. The maximum atomic E-state index is 13.6. The van der Waals surface area contributed by atoms with Gasteiger partial charge in [0.2, 0.25) is 0 Å². The Balaban J connectivity index is 1.45. The summed E-state index contributed by atoms with van der Waals surface area (Å²) in [5.41, 5.74) is 0.299. The van der Waals surface area contributed by atoms with Crippen molar-refractivity contribution in [3.05, 3.63) is 46.4 Å². The van der Waals surface area contributed by atoms with E-state index < -0.39 is 16.6 Å². The number of nitrogens with one attached hydrogen (secondary N) is 2. The SMILES string of the molecule is CCCCCCCCCCCCCCCc1cccc(OC(C)(C)C(=O)NC(C)(C)C(C)(C)c2nnc3c(Cl)c(C)[nH]n23)c1. The van der Waals surface area contributed by atoms with Crippen LogP contribution in [0.5, 0.6) is 5.75 Å². The fraction of sp³-hybridized carbons (Fsp3) is 0.694. The minimum absolute atomic E-state index is 0.195. The van der Waals surface area contributed by atoms with E-state index in [9.17, 15) is 4.79 Å². The molecule has 0 atom stereocenters. The van der Waals surface area contributed by atoms with E-state index >= 15 is 0 Å². The first-order valence-corrected chi connectivity index (χ1v) is 17.4. The maximum absolute atomic E-state index is 13.6. The van der Waals surface area contributed by atoms with Gasteiger partial charge in [0.05, 0.1) is 5.69 Å². The van der Waals surface area contributed by atoms with Gasteiger partial charge in [0.25, 0.3) is 5.91 Å². The molecule has 3 rings (SSSR count). The van der Waals surface area contributed by atoms with E-state index in [1.54, 1.807) is 4.52 Å². The third kappa shape index (κ3) is 9.48. The number of H-pyrrole nitrogens is 1. The third-order valence-corrected chi connectivity index (χ3v) is 9.86. The number of aromatic nitrogens is 4. The molecule has 0 fully saturated rings. The van der Waals surface area contributed by atoms with Crippen molar-refractivity contribution in [2.45, 2.75) is 162 Å². The summed E-state index contributed by atoms with van der Waals surface area (Å²) in [6.07, 6.45) is 18.6. The Bertz CT molecular complexity index is 1320. The minimum Gasteiger partial charge on any atom is -0.478 e. The van der Waals surface area contributed by atoms with Gasteiger partial charge in [-0.3, -0.25) is 9.89 Å². The lowest BCUT2D eigenvalue weighted by atomic mass is 9.73. The van der Waals surface area contributed by atoms with Crippen molar-refractivity contribution in [3.63, 3.8) is 0 Å². The first kappa shape index (κ1) is 35.9.